The number of amides is 2. The molecule has 0 atom stereocenters. The van der Waals surface area contributed by atoms with Gasteiger partial charge in [-0.25, -0.2) is 31.8 Å². The third kappa shape index (κ3) is 3.47. The van der Waals surface area contributed by atoms with Gasteiger partial charge in [0.15, 0.2) is 5.82 Å². The van der Waals surface area contributed by atoms with Crippen molar-refractivity contribution in [3.8, 4) is 0 Å². The number of nitrogens with zero attached hydrogens (tertiary/aromatic N) is 3. The van der Waals surface area contributed by atoms with E-state index in [-0.39, 0.29) is 17.3 Å². The Morgan fingerprint density at radius 1 is 1.07 bits per heavy atom. The highest BCUT2D eigenvalue weighted by molar-refractivity contribution is 7.98. The van der Waals surface area contributed by atoms with Gasteiger partial charge in [-0.1, -0.05) is 18.2 Å². The van der Waals surface area contributed by atoms with Crippen LogP contribution in [0.1, 0.15) is 5.56 Å². The summed E-state index contributed by atoms with van der Waals surface area (Å²) in [7, 11) is -4.12. The number of hydrogen-bond donors (Lipinski definition) is 0. The normalized spacial score (nSPS) is 15.3. The van der Waals surface area contributed by atoms with Crippen molar-refractivity contribution in [1.29, 1.82) is 0 Å². The molecule has 148 valence electrons. The minimum atomic E-state index is -4.12. The first-order valence-corrected chi connectivity index (χ1v) is 11.3. The van der Waals surface area contributed by atoms with E-state index in [1.165, 1.54) is 59.3 Å². The number of hydrogen-bond acceptors (Lipinski definition) is 5. The third-order valence-corrected chi connectivity index (χ3v) is 6.95. The van der Waals surface area contributed by atoms with Crippen LogP contribution in [0.4, 0.5) is 20.7 Å². The van der Waals surface area contributed by atoms with E-state index < -0.39 is 21.9 Å². The first kappa shape index (κ1) is 19.4. The van der Waals surface area contributed by atoms with Crippen molar-refractivity contribution < 1.29 is 17.6 Å². The molecule has 0 radical (unpaired) electrons. The predicted octanol–water partition coefficient (Wildman–Crippen LogP) is 4.41. The maximum Gasteiger partial charge on any atom is 0.344 e. The van der Waals surface area contributed by atoms with Crippen LogP contribution < -0.4 is 4.90 Å². The van der Waals surface area contributed by atoms with E-state index in [1.807, 2.05) is 12.3 Å². The average molecular weight is 429 g/mol. The van der Waals surface area contributed by atoms with Crippen molar-refractivity contribution in [3.63, 3.8) is 0 Å². The van der Waals surface area contributed by atoms with Crippen LogP contribution in [0.2, 0.25) is 0 Å². The number of benzene rings is 2. The molecular formula is C20H16FN3O3S2. The highest BCUT2D eigenvalue weighted by atomic mass is 32.2. The SMILES string of the molecule is CSc1cccc(N2C(=O)N(Cc3ccc(F)cc3)S(=O)(=O)c3cccnc32)c1. The van der Waals surface area contributed by atoms with Gasteiger partial charge in [0.25, 0.3) is 10.0 Å². The lowest BCUT2D eigenvalue weighted by atomic mass is 10.2. The Morgan fingerprint density at radius 3 is 2.55 bits per heavy atom. The Balaban J connectivity index is 1.85. The van der Waals surface area contributed by atoms with E-state index in [9.17, 15) is 17.6 Å². The van der Waals surface area contributed by atoms with Crippen LogP contribution in [0.25, 0.3) is 0 Å². The summed E-state index contributed by atoms with van der Waals surface area (Å²) in [6.45, 7) is -0.214. The number of rotatable bonds is 4. The molecule has 0 N–H and O–H groups in total. The molecule has 1 aliphatic rings. The number of pyridine rings is 1. The van der Waals surface area contributed by atoms with Gasteiger partial charge >= 0.3 is 6.03 Å². The molecule has 0 saturated carbocycles. The second-order valence-electron chi connectivity index (χ2n) is 6.28. The maximum atomic E-state index is 13.3. The first-order valence-electron chi connectivity index (χ1n) is 8.62. The number of anilines is 2. The van der Waals surface area contributed by atoms with Gasteiger partial charge in [-0.2, -0.15) is 0 Å². The molecule has 0 fully saturated rings. The summed E-state index contributed by atoms with van der Waals surface area (Å²) in [5.41, 5.74) is 1.01. The molecule has 4 rings (SSSR count). The molecule has 0 unspecified atom stereocenters. The molecule has 2 heterocycles. The number of carbonyl (C=O) groups is 1. The predicted molar refractivity (Wildman–Crippen MR) is 109 cm³/mol. The minimum absolute atomic E-state index is 0.0590. The largest absolute Gasteiger partial charge is 0.344 e. The fourth-order valence-electron chi connectivity index (χ4n) is 3.07. The van der Waals surface area contributed by atoms with Crippen molar-refractivity contribution in [1.82, 2.24) is 9.29 Å². The van der Waals surface area contributed by atoms with Crippen LogP contribution in [0.15, 0.2) is 76.7 Å². The van der Waals surface area contributed by atoms with Crippen LogP contribution in [-0.4, -0.2) is 30.0 Å². The van der Waals surface area contributed by atoms with Crippen molar-refractivity contribution in [2.75, 3.05) is 11.2 Å². The topological polar surface area (TPSA) is 70.6 Å². The second-order valence-corrected chi connectivity index (χ2v) is 8.99. The van der Waals surface area contributed by atoms with Crippen molar-refractivity contribution >= 4 is 39.3 Å². The Hall–Kier alpha value is -2.91. The van der Waals surface area contributed by atoms with Gasteiger partial charge in [0.05, 0.1) is 12.2 Å². The molecule has 6 nitrogen and oxygen atoms in total. The fourth-order valence-corrected chi connectivity index (χ4v) is 4.99. The van der Waals surface area contributed by atoms with Crippen molar-refractivity contribution in [2.45, 2.75) is 16.3 Å². The monoisotopic (exact) mass is 429 g/mol. The van der Waals surface area contributed by atoms with Crippen molar-refractivity contribution in [3.05, 3.63) is 78.2 Å². The third-order valence-electron chi connectivity index (χ3n) is 4.49. The van der Waals surface area contributed by atoms with Gasteiger partial charge in [0.1, 0.15) is 10.7 Å². The number of thioether (sulfide) groups is 1. The van der Waals surface area contributed by atoms with Gasteiger partial charge in [-0.05, 0) is 54.3 Å². The van der Waals surface area contributed by atoms with Crippen LogP contribution in [0.3, 0.4) is 0 Å². The second kappa shape index (κ2) is 7.49. The number of aromatic nitrogens is 1. The van der Waals surface area contributed by atoms with Gasteiger partial charge in [0, 0.05) is 11.1 Å². The van der Waals surface area contributed by atoms with Crippen LogP contribution >= 0.6 is 11.8 Å². The zero-order valence-electron chi connectivity index (χ0n) is 15.3. The molecule has 1 aliphatic heterocycles. The van der Waals surface area contributed by atoms with Crippen LogP contribution in [0, 0.1) is 5.82 Å². The average Bonchev–Trinajstić information content (AvgIpc) is 2.73. The van der Waals surface area contributed by atoms with Gasteiger partial charge in [-0.3, -0.25) is 0 Å². The zero-order valence-corrected chi connectivity index (χ0v) is 17.0. The van der Waals surface area contributed by atoms with E-state index in [4.69, 9.17) is 0 Å². The Bertz CT molecular complexity index is 1180. The van der Waals surface area contributed by atoms with E-state index in [0.717, 1.165) is 9.20 Å². The first-order chi connectivity index (χ1) is 13.9. The molecule has 0 spiro atoms. The molecule has 1 aromatic heterocycles. The summed E-state index contributed by atoms with van der Waals surface area (Å²) in [6.07, 6.45) is 3.36. The number of carbonyl (C=O) groups excluding carboxylic acids is 1. The Labute approximate surface area is 172 Å². The number of halogens is 1. The summed E-state index contributed by atoms with van der Waals surface area (Å²) in [4.78, 5) is 19.7. The molecule has 2 amide bonds. The summed E-state index contributed by atoms with van der Waals surface area (Å²) < 4.78 is 40.3. The Morgan fingerprint density at radius 2 is 1.83 bits per heavy atom. The lowest BCUT2D eigenvalue weighted by Crippen LogP contribution is -2.48. The standard InChI is InChI=1S/C20H16FN3O3S2/c1-28-17-5-2-4-16(12-17)24-19-18(6-3-11-22-19)29(26,27)23(20(24)25)13-14-7-9-15(21)10-8-14/h2-12H,13H2,1H3. The molecule has 3 aromatic rings. The molecule has 9 heteroatoms. The lowest BCUT2D eigenvalue weighted by molar-refractivity contribution is 0.229. The van der Waals surface area contributed by atoms with E-state index in [2.05, 4.69) is 4.98 Å². The highest BCUT2D eigenvalue weighted by Crippen LogP contribution is 2.38. The lowest BCUT2D eigenvalue weighted by Gasteiger charge is -2.35. The van der Waals surface area contributed by atoms with Crippen molar-refractivity contribution in [2.24, 2.45) is 0 Å². The molecule has 0 saturated heterocycles. The number of sulfonamides is 1. The molecule has 0 bridgehead atoms. The summed E-state index contributed by atoms with van der Waals surface area (Å²) >= 11 is 1.51. The fraction of sp³-hybridized carbons (Fsp3) is 0.100. The van der Waals surface area contributed by atoms with E-state index >= 15 is 0 Å². The highest BCUT2D eigenvalue weighted by Gasteiger charge is 2.43. The van der Waals surface area contributed by atoms with Gasteiger partial charge in [-0.15, -0.1) is 11.8 Å². The van der Waals surface area contributed by atoms with Crippen LogP contribution in [-0.2, 0) is 16.6 Å². The zero-order chi connectivity index (χ0) is 20.6. The molecule has 0 aliphatic carbocycles. The van der Waals surface area contributed by atoms with Gasteiger partial charge in [0.2, 0.25) is 0 Å². The number of fused-ring (bicyclic) bond motifs is 1. The quantitative estimate of drug-likeness (QED) is 0.575. The smallest absolute Gasteiger partial charge is 0.246 e. The van der Waals surface area contributed by atoms with E-state index in [1.54, 1.807) is 18.2 Å². The summed E-state index contributed by atoms with van der Waals surface area (Å²) in [6, 6.07) is 14.8. The Kier molecular flexibility index (Phi) is 5.01. The summed E-state index contributed by atoms with van der Waals surface area (Å²) in [5.74, 6) is -0.377. The molecular weight excluding hydrogens is 413 g/mol. The summed E-state index contributed by atoms with van der Waals surface area (Å²) in [5, 5.41) is 0. The minimum Gasteiger partial charge on any atom is -0.246 e. The molecule has 2 aromatic carbocycles. The molecule has 29 heavy (non-hydrogen) atoms. The maximum absolute atomic E-state index is 13.3. The van der Waals surface area contributed by atoms with Crippen LogP contribution in [0.5, 0.6) is 0 Å². The van der Waals surface area contributed by atoms with E-state index in [0.29, 0.717) is 11.3 Å². The number of urea groups is 1. The van der Waals surface area contributed by atoms with Gasteiger partial charge < -0.3 is 0 Å².